The van der Waals surface area contributed by atoms with Crippen molar-refractivity contribution in [3.05, 3.63) is 84.0 Å². The Morgan fingerprint density at radius 2 is 1.93 bits per heavy atom. The Balaban J connectivity index is 1.52. The maximum atomic E-state index is 14.4. The molecule has 0 spiro atoms. The molecule has 3 aliphatic rings. The van der Waals surface area contributed by atoms with Crippen molar-refractivity contribution in [2.45, 2.75) is 64.8 Å². The van der Waals surface area contributed by atoms with Gasteiger partial charge in [-0.25, -0.2) is 14.2 Å². The Morgan fingerprint density at radius 3 is 2.71 bits per heavy atom. The van der Waals surface area contributed by atoms with Gasteiger partial charge in [0.2, 0.25) is 0 Å². The third kappa shape index (κ3) is 6.32. The lowest BCUT2D eigenvalue weighted by Crippen LogP contribution is -2.45. The lowest BCUT2D eigenvalue weighted by Gasteiger charge is -2.41. The number of halogens is 1. The molecule has 7 rings (SSSR count). The largest absolute Gasteiger partial charge is 0.490 e. The van der Waals surface area contributed by atoms with Gasteiger partial charge in [-0.05, 0) is 69.9 Å². The van der Waals surface area contributed by atoms with Crippen LogP contribution >= 0.6 is 0 Å². The van der Waals surface area contributed by atoms with Gasteiger partial charge < -0.3 is 28.6 Å². The van der Waals surface area contributed by atoms with Gasteiger partial charge in [0.25, 0.3) is 0 Å². The van der Waals surface area contributed by atoms with E-state index in [9.17, 15) is 14.3 Å². The van der Waals surface area contributed by atoms with E-state index in [2.05, 4.69) is 11.8 Å². The fourth-order valence-corrected chi connectivity index (χ4v) is 6.28. The second-order valence-electron chi connectivity index (χ2n) is 12.2. The average Bonchev–Trinajstić information content (AvgIpc) is 3.44. The molecule has 0 amide bonds. The molecular weight excluding hydrogens is 573 g/mol. The first-order valence-corrected chi connectivity index (χ1v) is 15.6. The fraction of sp³-hybridized carbons (Fsp3) is 0.389. The molecule has 8 nitrogen and oxygen atoms in total. The summed E-state index contributed by atoms with van der Waals surface area (Å²) in [6.07, 6.45) is 8.45. The molecule has 45 heavy (non-hydrogen) atoms. The maximum absolute atomic E-state index is 14.4. The fourth-order valence-electron chi connectivity index (χ4n) is 6.28. The molecule has 2 aromatic carbocycles. The number of aliphatic hydroxyl groups is 1. The standard InChI is InChI=1S/C36H40FN3O5/c1-5-43-35(42)33(41)31-23(2)21-40-22-29-26-11-8-10-25(19-26)28-13-12-27(37)20-30(28)45-24(3)9-6-7-18-44-36(4)14-16-39(17-15-36)32(31)34(40)38-29/h6-8,10-13,19-22,24,33,41H,5,9,14-18H2,1-4H3/b7-6-/t24-,33-/m0/s1. The maximum Gasteiger partial charge on any atom is 0.339 e. The van der Waals surface area contributed by atoms with Gasteiger partial charge in [0.15, 0.2) is 11.8 Å². The van der Waals surface area contributed by atoms with Crippen LogP contribution in [0, 0.1) is 12.7 Å². The summed E-state index contributed by atoms with van der Waals surface area (Å²) in [4.78, 5) is 20.1. The van der Waals surface area contributed by atoms with Crippen molar-refractivity contribution in [2.24, 2.45) is 0 Å². The summed E-state index contributed by atoms with van der Waals surface area (Å²) in [6, 6.07) is 12.5. The van der Waals surface area contributed by atoms with E-state index in [1.54, 1.807) is 13.0 Å². The highest BCUT2D eigenvalue weighted by Crippen LogP contribution is 2.40. The number of nitrogens with zero attached hydrogens (tertiary/aromatic N) is 3. The van der Waals surface area contributed by atoms with Crippen molar-refractivity contribution in [3.63, 3.8) is 0 Å². The molecule has 1 fully saturated rings. The van der Waals surface area contributed by atoms with E-state index in [-0.39, 0.29) is 24.1 Å². The van der Waals surface area contributed by atoms with Crippen LogP contribution in [0.2, 0.25) is 0 Å². The second-order valence-corrected chi connectivity index (χ2v) is 12.2. The highest BCUT2D eigenvalue weighted by molar-refractivity contribution is 5.86. The number of ether oxygens (including phenoxy) is 3. The summed E-state index contributed by atoms with van der Waals surface area (Å²) in [7, 11) is 0. The third-order valence-electron chi connectivity index (χ3n) is 8.78. The number of aromatic nitrogens is 2. The smallest absolute Gasteiger partial charge is 0.339 e. The molecule has 2 aromatic heterocycles. The van der Waals surface area contributed by atoms with Crippen LogP contribution in [0.25, 0.3) is 28.0 Å². The molecule has 4 aromatic rings. The Morgan fingerprint density at radius 1 is 1.16 bits per heavy atom. The first kappa shape index (κ1) is 30.8. The normalized spacial score (nSPS) is 21.6. The van der Waals surface area contributed by atoms with Crippen LogP contribution in [0.3, 0.4) is 0 Å². The number of imidazole rings is 1. The van der Waals surface area contributed by atoms with Crippen LogP contribution in [-0.4, -0.2) is 58.5 Å². The number of carbonyl (C=O) groups is 1. The van der Waals surface area contributed by atoms with Gasteiger partial charge in [0.1, 0.15) is 11.6 Å². The number of piperidine rings is 1. The number of fused-ring (bicyclic) bond motifs is 7. The SMILES string of the molecule is CCOC(=O)[C@@H](O)c1c(C)cn2cc3nc2c1N1CCC(C)(CC1)OC/C=C\C[C@H](C)Oc1cc(F)ccc1-c1cccc-3c1. The molecule has 0 unspecified atom stereocenters. The van der Waals surface area contributed by atoms with E-state index in [1.165, 1.54) is 12.1 Å². The molecule has 1 saturated heterocycles. The highest BCUT2D eigenvalue weighted by Gasteiger charge is 2.35. The number of aryl methyl sites for hydroxylation is 1. The number of aliphatic hydroxyl groups excluding tert-OH is 1. The molecule has 1 N–H and O–H groups in total. The lowest BCUT2D eigenvalue weighted by atomic mass is 9.92. The van der Waals surface area contributed by atoms with Gasteiger partial charge in [0, 0.05) is 54.7 Å². The quantitative estimate of drug-likeness (QED) is 0.201. The Kier molecular flexibility index (Phi) is 8.66. The predicted octanol–water partition coefficient (Wildman–Crippen LogP) is 6.82. The number of pyridine rings is 1. The van der Waals surface area contributed by atoms with E-state index in [4.69, 9.17) is 19.2 Å². The van der Waals surface area contributed by atoms with Crippen LogP contribution in [0.5, 0.6) is 5.75 Å². The van der Waals surface area contributed by atoms with Crippen molar-refractivity contribution < 1.29 is 28.5 Å². The summed E-state index contributed by atoms with van der Waals surface area (Å²) >= 11 is 0. The van der Waals surface area contributed by atoms with Gasteiger partial charge in [0.05, 0.1) is 36.3 Å². The number of carbonyl (C=O) groups excluding carboxylic acids is 1. The zero-order valence-corrected chi connectivity index (χ0v) is 26.3. The minimum atomic E-state index is -1.45. The van der Waals surface area contributed by atoms with Crippen molar-refractivity contribution in [3.8, 4) is 28.1 Å². The topological polar surface area (TPSA) is 85.5 Å². The molecule has 236 valence electrons. The first-order chi connectivity index (χ1) is 21.7. The van der Waals surface area contributed by atoms with Crippen molar-refractivity contribution in [2.75, 3.05) is 31.2 Å². The molecular formula is C36H40FN3O5. The average molecular weight is 614 g/mol. The summed E-state index contributed by atoms with van der Waals surface area (Å²) in [6.45, 7) is 9.68. The molecule has 9 heteroatoms. The van der Waals surface area contributed by atoms with Gasteiger partial charge in [-0.2, -0.15) is 0 Å². The molecule has 0 radical (unpaired) electrons. The van der Waals surface area contributed by atoms with Crippen LogP contribution in [0.4, 0.5) is 10.1 Å². The highest BCUT2D eigenvalue weighted by atomic mass is 19.1. The molecule has 5 heterocycles. The molecule has 6 bridgehead atoms. The van der Waals surface area contributed by atoms with Crippen LogP contribution in [0.1, 0.15) is 57.3 Å². The van der Waals surface area contributed by atoms with Gasteiger partial charge in [-0.1, -0.05) is 30.4 Å². The minimum Gasteiger partial charge on any atom is -0.490 e. The number of hydrogen-bond acceptors (Lipinski definition) is 7. The summed E-state index contributed by atoms with van der Waals surface area (Å²) in [5.74, 6) is -0.574. The van der Waals surface area contributed by atoms with Crippen LogP contribution in [-0.2, 0) is 14.3 Å². The predicted molar refractivity (Wildman–Crippen MR) is 172 cm³/mol. The zero-order chi connectivity index (χ0) is 31.7. The lowest BCUT2D eigenvalue weighted by molar-refractivity contribution is -0.153. The first-order valence-electron chi connectivity index (χ1n) is 15.6. The number of anilines is 1. The molecule has 0 aliphatic carbocycles. The Hall–Kier alpha value is -4.21. The van der Waals surface area contributed by atoms with Crippen molar-refractivity contribution in [1.82, 2.24) is 9.38 Å². The number of hydrogen-bond donors (Lipinski definition) is 1. The number of esters is 1. The Bertz CT molecular complexity index is 1740. The zero-order valence-electron chi connectivity index (χ0n) is 26.3. The van der Waals surface area contributed by atoms with Crippen molar-refractivity contribution in [1.29, 1.82) is 0 Å². The monoisotopic (exact) mass is 613 g/mol. The van der Waals surface area contributed by atoms with Gasteiger partial charge in [-0.15, -0.1) is 0 Å². The number of benzene rings is 2. The summed E-state index contributed by atoms with van der Waals surface area (Å²) in [5.41, 5.74) is 5.53. The van der Waals surface area contributed by atoms with E-state index >= 15 is 0 Å². The van der Waals surface area contributed by atoms with Crippen LogP contribution in [0.15, 0.2) is 67.0 Å². The second kappa shape index (κ2) is 12.7. The van der Waals surface area contributed by atoms with Crippen LogP contribution < -0.4 is 9.64 Å². The molecule has 3 aliphatic heterocycles. The van der Waals surface area contributed by atoms with E-state index in [0.29, 0.717) is 43.1 Å². The molecule has 2 atom stereocenters. The Labute approximate surface area is 263 Å². The minimum absolute atomic E-state index is 0.171. The third-order valence-corrected chi connectivity index (χ3v) is 8.78. The van der Waals surface area contributed by atoms with Gasteiger partial charge in [-0.3, -0.25) is 0 Å². The van der Waals surface area contributed by atoms with E-state index < -0.39 is 12.1 Å². The number of rotatable bonds is 3. The van der Waals surface area contributed by atoms with E-state index in [0.717, 1.165) is 46.5 Å². The van der Waals surface area contributed by atoms with Gasteiger partial charge >= 0.3 is 5.97 Å². The summed E-state index contributed by atoms with van der Waals surface area (Å²) < 4.78 is 34.2. The van der Waals surface area contributed by atoms with E-state index in [1.807, 2.05) is 67.1 Å². The van der Waals surface area contributed by atoms with Crippen molar-refractivity contribution >= 4 is 17.3 Å². The summed E-state index contributed by atoms with van der Waals surface area (Å²) in [5, 5.41) is 11.3. The molecule has 0 saturated carbocycles.